The minimum atomic E-state index is -0.834. The van der Waals surface area contributed by atoms with E-state index in [1.165, 1.54) is 148 Å². The zero-order valence-corrected chi connectivity index (χ0v) is 45.8. The van der Waals surface area contributed by atoms with Crippen molar-refractivity contribution in [3.63, 3.8) is 0 Å². The summed E-state index contributed by atoms with van der Waals surface area (Å²) in [6.07, 6.45) is 77.1. The van der Waals surface area contributed by atoms with Crippen molar-refractivity contribution in [2.75, 3.05) is 13.2 Å². The van der Waals surface area contributed by atoms with Crippen LogP contribution in [0.15, 0.2) is 97.2 Å². The molecule has 0 aromatic carbocycles. The van der Waals surface area contributed by atoms with Gasteiger partial charge in [0.25, 0.3) is 0 Å². The molecule has 0 radical (unpaired) electrons. The molecule has 6 heteroatoms. The van der Waals surface area contributed by atoms with E-state index < -0.39 is 6.10 Å². The molecule has 0 saturated heterocycles. The first-order valence-corrected chi connectivity index (χ1v) is 29.2. The Morgan fingerprint density at radius 1 is 0.300 bits per heavy atom. The first kappa shape index (κ1) is 66.3. The smallest absolute Gasteiger partial charge is 0.306 e. The summed E-state index contributed by atoms with van der Waals surface area (Å²) in [6.45, 7) is 6.43. The molecule has 0 aromatic heterocycles. The molecule has 0 saturated carbocycles. The van der Waals surface area contributed by atoms with Gasteiger partial charge in [-0.2, -0.15) is 0 Å². The van der Waals surface area contributed by atoms with Crippen molar-refractivity contribution >= 4 is 17.9 Å². The van der Waals surface area contributed by atoms with Gasteiger partial charge in [-0.3, -0.25) is 14.4 Å². The maximum atomic E-state index is 12.8. The number of carbonyl (C=O) groups is 3. The van der Waals surface area contributed by atoms with Gasteiger partial charge < -0.3 is 14.2 Å². The summed E-state index contributed by atoms with van der Waals surface area (Å²) in [7, 11) is 0. The zero-order valence-electron chi connectivity index (χ0n) is 45.8. The molecule has 0 aliphatic carbocycles. The molecule has 0 bridgehead atoms. The van der Waals surface area contributed by atoms with Gasteiger partial charge in [-0.05, 0) is 83.5 Å². The van der Waals surface area contributed by atoms with E-state index in [0.717, 1.165) is 70.6 Å². The molecule has 0 fully saturated rings. The fraction of sp³-hybridized carbons (Fsp3) is 0.703. The van der Waals surface area contributed by atoms with Crippen LogP contribution >= 0.6 is 0 Å². The van der Waals surface area contributed by atoms with Gasteiger partial charge in [0.15, 0.2) is 6.10 Å². The standard InChI is InChI=1S/C64H108O6/c1-4-7-10-13-16-19-22-25-28-31-32-34-36-39-42-45-48-51-54-57-63(66)69-60-61(59-68-62(65)56-53-50-47-44-41-38-35-30-27-24-21-18-15-12-9-6-3)70-64(67)58-55-52-49-46-43-40-37-33-29-26-23-20-17-14-11-8-5-2/h9,12,18,21,26-27,29-30,37-38,40-41,46-47,49-50,61H,4-8,10-11,13-17,19-20,22-25,28,31-36,39,42-45,48,51-60H2,1-3H3/b12-9-,21-18-,29-26-,30-27-,40-37-,41-38-,49-46-,50-47-. The largest absolute Gasteiger partial charge is 0.462 e. The second-order valence-corrected chi connectivity index (χ2v) is 19.2. The Morgan fingerprint density at radius 2 is 0.600 bits per heavy atom. The summed E-state index contributed by atoms with van der Waals surface area (Å²) in [5.41, 5.74) is 0. The molecule has 0 aliphatic heterocycles. The molecule has 0 N–H and O–H groups in total. The number of rotatable bonds is 52. The zero-order chi connectivity index (χ0) is 50.7. The summed E-state index contributed by atoms with van der Waals surface area (Å²) >= 11 is 0. The monoisotopic (exact) mass is 973 g/mol. The van der Waals surface area contributed by atoms with Gasteiger partial charge in [0.05, 0.1) is 0 Å². The maximum Gasteiger partial charge on any atom is 0.306 e. The van der Waals surface area contributed by atoms with E-state index >= 15 is 0 Å². The average molecular weight is 974 g/mol. The second-order valence-electron chi connectivity index (χ2n) is 19.2. The highest BCUT2D eigenvalue weighted by molar-refractivity contribution is 5.71. The van der Waals surface area contributed by atoms with Crippen molar-refractivity contribution < 1.29 is 28.6 Å². The average Bonchev–Trinajstić information content (AvgIpc) is 3.36. The van der Waals surface area contributed by atoms with E-state index in [2.05, 4.69) is 106 Å². The van der Waals surface area contributed by atoms with Crippen LogP contribution in [0.4, 0.5) is 0 Å². The molecular weight excluding hydrogens is 865 g/mol. The first-order chi connectivity index (χ1) is 34.5. The fourth-order valence-electron chi connectivity index (χ4n) is 7.98. The van der Waals surface area contributed by atoms with Crippen molar-refractivity contribution in [3.8, 4) is 0 Å². The number of allylic oxidation sites excluding steroid dienone is 16. The molecule has 1 atom stereocenters. The molecule has 0 spiro atoms. The predicted molar refractivity (Wildman–Crippen MR) is 302 cm³/mol. The van der Waals surface area contributed by atoms with E-state index in [9.17, 15) is 14.4 Å². The summed E-state index contributed by atoms with van der Waals surface area (Å²) in [5, 5.41) is 0. The van der Waals surface area contributed by atoms with E-state index in [1.54, 1.807) is 0 Å². The predicted octanol–water partition coefficient (Wildman–Crippen LogP) is 19.7. The SMILES string of the molecule is CC/C=C\C/C=C\C/C=C\C/C=C\C/C=C\CCC(=O)OCC(COC(=O)CCCCCCCCCCCCCCCCCCCCC)OC(=O)CCC/C=C\C/C=C\C/C=C\CCCCCCCC. The van der Waals surface area contributed by atoms with Crippen LogP contribution < -0.4 is 0 Å². The Labute approximate surface area is 432 Å². The quantitative estimate of drug-likeness (QED) is 0.0262. The van der Waals surface area contributed by atoms with Gasteiger partial charge in [0, 0.05) is 19.3 Å². The van der Waals surface area contributed by atoms with E-state index in [4.69, 9.17) is 14.2 Å². The van der Waals surface area contributed by atoms with Crippen molar-refractivity contribution in [1.29, 1.82) is 0 Å². The highest BCUT2D eigenvalue weighted by Crippen LogP contribution is 2.16. The van der Waals surface area contributed by atoms with Crippen LogP contribution in [0.3, 0.4) is 0 Å². The van der Waals surface area contributed by atoms with Crippen molar-refractivity contribution in [3.05, 3.63) is 97.2 Å². The normalized spacial score (nSPS) is 12.8. The molecule has 70 heavy (non-hydrogen) atoms. The third-order valence-corrected chi connectivity index (χ3v) is 12.3. The molecule has 1 unspecified atom stereocenters. The third-order valence-electron chi connectivity index (χ3n) is 12.3. The van der Waals surface area contributed by atoms with Gasteiger partial charge in [-0.25, -0.2) is 0 Å². The van der Waals surface area contributed by atoms with Crippen LogP contribution in [0.5, 0.6) is 0 Å². The van der Waals surface area contributed by atoms with Crippen molar-refractivity contribution in [2.24, 2.45) is 0 Å². The Bertz CT molecular complexity index is 1400. The summed E-state index contributed by atoms with van der Waals surface area (Å²) in [4.78, 5) is 38.1. The van der Waals surface area contributed by atoms with Crippen LogP contribution in [0, 0.1) is 0 Å². The number of ether oxygens (including phenoxy) is 3. The first-order valence-electron chi connectivity index (χ1n) is 29.2. The van der Waals surface area contributed by atoms with Crippen LogP contribution in [0.2, 0.25) is 0 Å². The lowest BCUT2D eigenvalue weighted by Gasteiger charge is -2.18. The van der Waals surface area contributed by atoms with Gasteiger partial charge in [0.1, 0.15) is 13.2 Å². The number of esters is 3. The summed E-state index contributed by atoms with van der Waals surface area (Å²) in [5.74, 6) is -1.05. The van der Waals surface area contributed by atoms with Crippen LogP contribution in [-0.4, -0.2) is 37.2 Å². The lowest BCUT2D eigenvalue weighted by atomic mass is 10.0. The van der Waals surface area contributed by atoms with Crippen molar-refractivity contribution in [1.82, 2.24) is 0 Å². The van der Waals surface area contributed by atoms with Gasteiger partial charge >= 0.3 is 17.9 Å². The Hall–Kier alpha value is -3.67. The Balaban J connectivity index is 4.52. The topological polar surface area (TPSA) is 78.9 Å². The minimum absolute atomic E-state index is 0.119. The Morgan fingerprint density at radius 3 is 1.00 bits per heavy atom. The number of unbranched alkanes of at least 4 members (excludes halogenated alkanes) is 25. The fourth-order valence-corrected chi connectivity index (χ4v) is 7.98. The molecule has 0 aromatic rings. The number of hydrogen-bond acceptors (Lipinski definition) is 6. The lowest BCUT2D eigenvalue weighted by molar-refractivity contribution is -0.166. The molecular formula is C64H108O6. The van der Waals surface area contributed by atoms with Crippen LogP contribution in [0.1, 0.15) is 271 Å². The molecule has 6 nitrogen and oxygen atoms in total. The highest BCUT2D eigenvalue weighted by atomic mass is 16.6. The Kier molecular flexibility index (Phi) is 54.9. The van der Waals surface area contributed by atoms with Crippen molar-refractivity contribution in [2.45, 2.75) is 277 Å². The third kappa shape index (κ3) is 55.3. The van der Waals surface area contributed by atoms with Crippen LogP contribution in [-0.2, 0) is 28.6 Å². The van der Waals surface area contributed by atoms with E-state index in [1.807, 2.05) is 12.2 Å². The van der Waals surface area contributed by atoms with Crippen LogP contribution in [0.25, 0.3) is 0 Å². The van der Waals surface area contributed by atoms with E-state index in [0.29, 0.717) is 19.3 Å². The molecule has 400 valence electrons. The molecule has 0 aliphatic rings. The summed E-state index contributed by atoms with van der Waals surface area (Å²) < 4.78 is 16.8. The number of hydrogen-bond donors (Lipinski definition) is 0. The highest BCUT2D eigenvalue weighted by Gasteiger charge is 2.19. The number of carbonyl (C=O) groups excluding carboxylic acids is 3. The summed E-state index contributed by atoms with van der Waals surface area (Å²) in [6, 6.07) is 0. The molecule has 0 amide bonds. The van der Waals surface area contributed by atoms with Gasteiger partial charge in [-0.15, -0.1) is 0 Å². The molecule has 0 heterocycles. The van der Waals surface area contributed by atoms with Gasteiger partial charge in [-0.1, -0.05) is 266 Å². The minimum Gasteiger partial charge on any atom is -0.462 e. The lowest BCUT2D eigenvalue weighted by Crippen LogP contribution is -2.30. The second kappa shape index (κ2) is 57.9. The molecule has 0 rings (SSSR count). The van der Waals surface area contributed by atoms with E-state index in [-0.39, 0.29) is 44.0 Å². The maximum absolute atomic E-state index is 12.8. The van der Waals surface area contributed by atoms with Gasteiger partial charge in [0.2, 0.25) is 0 Å².